The maximum atomic E-state index is 11.4. The highest BCUT2D eigenvalue weighted by molar-refractivity contribution is 6.14. The Morgan fingerprint density at radius 1 is 1.41 bits per heavy atom. The highest BCUT2D eigenvalue weighted by Crippen LogP contribution is 2.33. The van der Waals surface area contributed by atoms with E-state index in [-0.39, 0.29) is 6.61 Å². The third kappa shape index (κ3) is 1.32. The normalized spacial score (nSPS) is 16.2. The van der Waals surface area contributed by atoms with Crippen molar-refractivity contribution in [3.8, 4) is 5.75 Å². The van der Waals surface area contributed by atoms with E-state index in [2.05, 4.69) is 5.16 Å². The lowest BCUT2D eigenvalue weighted by Crippen LogP contribution is -2.04. The first-order valence-electron chi connectivity index (χ1n) is 5.12. The molecule has 0 saturated heterocycles. The second-order valence-electron chi connectivity index (χ2n) is 3.90. The maximum Gasteiger partial charge on any atom is 0.336 e. The van der Waals surface area contributed by atoms with Gasteiger partial charge in [-0.3, -0.25) is 0 Å². The van der Waals surface area contributed by atoms with Crippen LogP contribution in [0, 0.1) is 6.92 Å². The average Bonchev–Trinajstić information content (AvgIpc) is 2.71. The van der Waals surface area contributed by atoms with E-state index >= 15 is 0 Å². The lowest BCUT2D eigenvalue weighted by atomic mass is 10.0. The van der Waals surface area contributed by atoms with Crippen LogP contribution >= 0.6 is 0 Å². The van der Waals surface area contributed by atoms with Crippen LogP contribution in [0.2, 0.25) is 0 Å². The molecule has 0 radical (unpaired) electrons. The molecule has 0 fully saturated rings. The molecule has 0 amide bonds. The van der Waals surface area contributed by atoms with Gasteiger partial charge in [0, 0.05) is 11.5 Å². The first-order valence-corrected chi connectivity index (χ1v) is 5.12. The first kappa shape index (κ1) is 9.89. The summed E-state index contributed by atoms with van der Waals surface area (Å²) in [6, 6.07) is 5.04. The number of ether oxygens (including phenoxy) is 1. The molecule has 86 valence electrons. The number of hydrogen-bond donors (Lipinski definition) is 1. The molecular formula is C12H9NO4. The summed E-state index contributed by atoms with van der Waals surface area (Å²) in [5, 5.41) is 12.9. The van der Waals surface area contributed by atoms with Gasteiger partial charge in [-0.05, 0) is 24.6 Å². The van der Waals surface area contributed by atoms with Gasteiger partial charge in [0.25, 0.3) is 0 Å². The number of oxime groups is 1. The Morgan fingerprint density at radius 3 is 3.00 bits per heavy atom. The van der Waals surface area contributed by atoms with Gasteiger partial charge in [0.05, 0.1) is 5.56 Å². The van der Waals surface area contributed by atoms with E-state index in [1.54, 1.807) is 6.07 Å². The standard InChI is InChI=1S/C12H9NO4/c1-6-4-10(14)17-12-7(6)2-3-9-11(12)8(13-15)5-16-9/h2-4,15H,5H2,1H3/b13-8-. The SMILES string of the molecule is Cc1cc(=O)oc2c3c(ccc12)OC/C3=N/O. The second-order valence-corrected chi connectivity index (χ2v) is 3.90. The largest absolute Gasteiger partial charge is 0.486 e. The molecule has 5 heteroatoms. The Balaban J connectivity index is 2.50. The summed E-state index contributed by atoms with van der Waals surface area (Å²) in [6.07, 6.45) is 0. The topological polar surface area (TPSA) is 72.0 Å². The Morgan fingerprint density at radius 2 is 2.24 bits per heavy atom. The van der Waals surface area contributed by atoms with Crippen molar-refractivity contribution < 1.29 is 14.4 Å². The van der Waals surface area contributed by atoms with Crippen molar-refractivity contribution >= 4 is 16.7 Å². The van der Waals surface area contributed by atoms with E-state index in [9.17, 15) is 4.79 Å². The first-order chi connectivity index (χ1) is 8.20. The lowest BCUT2D eigenvalue weighted by molar-refractivity contribution is 0.313. The Hall–Kier alpha value is -2.30. The highest BCUT2D eigenvalue weighted by Gasteiger charge is 2.25. The summed E-state index contributed by atoms with van der Waals surface area (Å²) >= 11 is 0. The van der Waals surface area contributed by atoms with Gasteiger partial charge in [-0.1, -0.05) is 5.16 Å². The van der Waals surface area contributed by atoms with Crippen LogP contribution in [-0.2, 0) is 0 Å². The molecule has 1 aromatic heterocycles. The van der Waals surface area contributed by atoms with Gasteiger partial charge < -0.3 is 14.4 Å². The molecule has 0 atom stereocenters. The van der Waals surface area contributed by atoms with E-state index in [4.69, 9.17) is 14.4 Å². The number of nitrogens with zero attached hydrogens (tertiary/aromatic N) is 1. The van der Waals surface area contributed by atoms with Crippen LogP contribution < -0.4 is 10.4 Å². The molecule has 0 saturated carbocycles. The van der Waals surface area contributed by atoms with Gasteiger partial charge in [-0.2, -0.15) is 0 Å². The minimum atomic E-state index is -0.424. The van der Waals surface area contributed by atoms with Crippen molar-refractivity contribution in [1.29, 1.82) is 0 Å². The third-order valence-electron chi connectivity index (χ3n) is 2.85. The van der Waals surface area contributed by atoms with Gasteiger partial charge in [0.1, 0.15) is 18.1 Å². The number of aryl methyl sites for hydroxylation is 1. The molecule has 1 aromatic carbocycles. The average molecular weight is 231 g/mol. The van der Waals surface area contributed by atoms with Crippen molar-refractivity contribution in [2.75, 3.05) is 6.61 Å². The van der Waals surface area contributed by atoms with Gasteiger partial charge in [0.2, 0.25) is 0 Å². The zero-order valence-corrected chi connectivity index (χ0v) is 9.06. The van der Waals surface area contributed by atoms with Crippen LogP contribution in [0.1, 0.15) is 11.1 Å². The van der Waals surface area contributed by atoms with Crippen LogP contribution in [0.4, 0.5) is 0 Å². The predicted molar refractivity (Wildman–Crippen MR) is 61.0 cm³/mol. The fourth-order valence-electron chi connectivity index (χ4n) is 2.06. The second kappa shape index (κ2) is 3.35. The molecule has 2 heterocycles. The molecule has 5 nitrogen and oxygen atoms in total. The van der Waals surface area contributed by atoms with Crippen LogP contribution in [0.5, 0.6) is 5.75 Å². The predicted octanol–water partition coefficient (Wildman–Crippen LogP) is 1.67. The molecule has 0 bridgehead atoms. The summed E-state index contributed by atoms with van der Waals surface area (Å²) in [7, 11) is 0. The Labute approximate surface area is 95.9 Å². The van der Waals surface area contributed by atoms with Gasteiger partial charge in [-0.15, -0.1) is 0 Å². The van der Waals surface area contributed by atoms with Crippen LogP contribution in [0.15, 0.2) is 32.6 Å². The molecule has 2 aromatic rings. The molecule has 0 spiro atoms. The van der Waals surface area contributed by atoms with E-state index in [1.165, 1.54) is 6.07 Å². The molecule has 1 N–H and O–H groups in total. The monoisotopic (exact) mass is 231 g/mol. The molecule has 0 unspecified atom stereocenters. The maximum absolute atomic E-state index is 11.4. The van der Waals surface area contributed by atoms with Crippen molar-refractivity contribution in [2.45, 2.75) is 6.92 Å². The molecular weight excluding hydrogens is 222 g/mol. The van der Waals surface area contributed by atoms with Crippen molar-refractivity contribution in [3.63, 3.8) is 0 Å². The molecule has 1 aliphatic rings. The fraction of sp³-hybridized carbons (Fsp3) is 0.167. The van der Waals surface area contributed by atoms with Gasteiger partial charge in [0.15, 0.2) is 5.58 Å². The van der Waals surface area contributed by atoms with Crippen molar-refractivity contribution in [3.05, 3.63) is 39.7 Å². The van der Waals surface area contributed by atoms with Crippen LogP contribution in [0.3, 0.4) is 0 Å². The fourth-order valence-corrected chi connectivity index (χ4v) is 2.06. The molecule has 1 aliphatic heterocycles. The van der Waals surface area contributed by atoms with Crippen LogP contribution in [0.25, 0.3) is 11.0 Å². The van der Waals surface area contributed by atoms with Crippen LogP contribution in [-0.4, -0.2) is 17.5 Å². The minimum Gasteiger partial charge on any atom is -0.486 e. The number of benzene rings is 1. The summed E-state index contributed by atoms with van der Waals surface area (Å²) < 4.78 is 10.5. The van der Waals surface area contributed by atoms with Crippen molar-refractivity contribution in [1.82, 2.24) is 0 Å². The summed E-state index contributed by atoms with van der Waals surface area (Å²) in [6.45, 7) is 2.01. The molecule has 17 heavy (non-hydrogen) atoms. The number of rotatable bonds is 0. The molecule has 0 aliphatic carbocycles. The zero-order chi connectivity index (χ0) is 12.0. The van der Waals surface area contributed by atoms with E-state index in [1.807, 2.05) is 13.0 Å². The van der Waals surface area contributed by atoms with Gasteiger partial charge >= 0.3 is 5.63 Å². The lowest BCUT2D eigenvalue weighted by Gasteiger charge is -2.04. The highest BCUT2D eigenvalue weighted by atomic mass is 16.5. The smallest absolute Gasteiger partial charge is 0.336 e. The summed E-state index contributed by atoms with van der Waals surface area (Å²) in [5.74, 6) is 0.569. The molecule has 3 rings (SSSR count). The summed E-state index contributed by atoms with van der Waals surface area (Å²) in [5.41, 5.74) is 1.75. The minimum absolute atomic E-state index is 0.183. The van der Waals surface area contributed by atoms with E-state index in [0.29, 0.717) is 22.6 Å². The quantitative estimate of drug-likeness (QED) is 0.425. The zero-order valence-electron chi connectivity index (χ0n) is 9.06. The van der Waals surface area contributed by atoms with Crippen molar-refractivity contribution in [2.24, 2.45) is 5.16 Å². The third-order valence-corrected chi connectivity index (χ3v) is 2.85. The number of hydrogen-bond acceptors (Lipinski definition) is 5. The summed E-state index contributed by atoms with van der Waals surface area (Å²) in [4.78, 5) is 11.4. The van der Waals surface area contributed by atoms with E-state index in [0.717, 1.165) is 10.9 Å². The Kier molecular flexibility index (Phi) is 1.95. The van der Waals surface area contributed by atoms with E-state index < -0.39 is 5.63 Å². The van der Waals surface area contributed by atoms with Gasteiger partial charge in [-0.25, -0.2) is 4.79 Å². The number of fused-ring (bicyclic) bond motifs is 3. The Bertz CT molecular complexity index is 699.